The molecule has 1 aromatic heterocycles. The number of hydrogen-bond donors (Lipinski definition) is 1. The molecule has 33 heavy (non-hydrogen) atoms. The third kappa shape index (κ3) is 4.24. The number of alkyl halides is 6. The van der Waals surface area contributed by atoms with E-state index in [1.807, 2.05) is 0 Å². The van der Waals surface area contributed by atoms with E-state index in [9.17, 15) is 41.3 Å². The van der Waals surface area contributed by atoms with Crippen LogP contribution in [0.1, 0.15) is 40.7 Å². The van der Waals surface area contributed by atoms with Crippen LogP contribution in [0.25, 0.3) is 10.9 Å². The molecule has 1 fully saturated rings. The van der Waals surface area contributed by atoms with Gasteiger partial charge in [-0.05, 0) is 31.0 Å². The topological polar surface area (TPSA) is 85.2 Å². The van der Waals surface area contributed by atoms with Crippen molar-refractivity contribution in [1.29, 1.82) is 0 Å². The third-order valence-corrected chi connectivity index (χ3v) is 5.51. The molecule has 0 amide bonds. The number of carbonyl (C=O) groups excluding carboxylic acids is 1. The molecule has 1 saturated carbocycles. The summed E-state index contributed by atoms with van der Waals surface area (Å²) < 4.78 is 86.4. The van der Waals surface area contributed by atoms with Crippen molar-refractivity contribution in [2.24, 2.45) is 5.92 Å². The maximum atomic E-state index is 13.6. The van der Waals surface area contributed by atoms with Crippen LogP contribution in [0.15, 0.2) is 36.5 Å². The first-order chi connectivity index (χ1) is 15.4. The minimum atomic E-state index is -5.37. The standard InChI is InChI=1S/C21H14F6N2O4/c22-20(23,24)15-6-11(29(31)32)7-16(21(25,26)27)19(15)33-12-4-5-17-13(8-12)14(9-28-17)18(30)10-2-1-3-10/h4-10,28H,1-3H2. The predicted molar refractivity (Wildman–Crippen MR) is 103 cm³/mol. The molecule has 0 atom stereocenters. The molecule has 0 bridgehead atoms. The molecule has 1 aliphatic rings. The number of aromatic amines is 1. The molecule has 1 N–H and O–H groups in total. The van der Waals surface area contributed by atoms with Gasteiger partial charge >= 0.3 is 12.4 Å². The summed E-state index contributed by atoms with van der Waals surface area (Å²) in [7, 11) is 0. The summed E-state index contributed by atoms with van der Waals surface area (Å²) in [6, 6.07) is 3.64. The van der Waals surface area contributed by atoms with Crippen molar-refractivity contribution in [2.75, 3.05) is 0 Å². The SMILES string of the molecule is O=C(c1c[nH]c2ccc(Oc3c(C(F)(F)F)cc([N+](=O)[O-])cc3C(F)(F)F)cc12)C1CCC1. The highest BCUT2D eigenvalue weighted by molar-refractivity contribution is 6.09. The summed E-state index contributed by atoms with van der Waals surface area (Å²) in [5.74, 6) is -2.36. The molecule has 1 aliphatic carbocycles. The van der Waals surface area contributed by atoms with Crippen molar-refractivity contribution in [1.82, 2.24) is 4.98 Å². The van der Waals surface area contributed by atoms with Crippen LogP contribution >= 0.6 is 0 Å². The molecule has 0 spiro atoms. The molecule has 6 nitrogen and oxygen atoms in total. The Hall–Kier alpha value is -3.57. The Labute approximate surface area is 181 Å². The number of ketones is 1. The van der Waals surface area contributed by atoms with Gasteiger partial charge in [-0.3, -0.25) is 14.9 Å². The summed E-state index contributed by atoms with van der Waals surface area (Å²) in [5, 5.41) is 11.2. The van der Waals surface area contributed by atoms with Crippen LogP contribution in [0.3, 0.4) is 0 Å². The lowest BCUT2D eigenvalue weighted by molar-refractivity contribution is -0.385. The molecular formula is C21H14F6N2O4. The Morgan fingerprint density at radius 3 is 2.12 bits per heavy atom. The molecular weight excluding hydrogens is 458 g/mol. The summed E-state index contributed by atoms with van der Waals surface area (Å²) in [6.45, 7) is 0. The number of hydrogen-bond acceptors (Lipinski definition) is 4. The minimum absolute atomic E-state index is 0.00898. The van der Waals surface area contributed by atoms with Crippen LogP contribution in [0.5, 0.6) is 11.5 Å². The highest BCUT2D eigenvalue weighted by atomic mass is 19.4. The number of benzene rings is 2. The predicted octanol–water partition coefficient (Wildman–Crippen LogP) is 6.89. The first-order valence-corrected chi connectivity index (χ1v) is 9.66. The van der Waals surface area contributed by atoms with Crippen LogP contribution in [0.2, 0.25) is 0 Å². The molecule has 3 aromatic rings. The summed E-state index contributed by atoms with van der Waals surface area (Å²) in [6.07, 6.45) is -7.00. The Balaban J connectivity index is 1.84. The van der Waals surface area contributed by atoms with Gasteiger partial charge < -0.3 is 9.72 Å². The monoisotopic (exact) mass is 472 g/mol. The van der Waals surface area contributed by atoms with E-state index in [0.717, 1.165) is 12.5 Å². The van der Waals surface area contributed by atoms with Crippen molar-refractivity contribution in [3.8, 4) is 11.5 Å². The van der Waals surface area contributed by atoms with Crippen molar-refractivity contribution in [2.45, 2.75) is 31.6 Å². The lowest BCUT2D eigenvalue weighted by Crippen LogP contribution is -2.21. The number of Topliss-reactive ketones (excluding diaryl/α,β-unsaturated/α-hetero) is 1. The summed E-state index contributed by atoms with van der Waals surface area (Å²) >= 11 is 0. The quantitative estimate of drug-likeness (QED) is 0.190. The minimum Gasteiger partial charge on any atom is -0.456 e. The summed E-state index contributed by atoms with van der Waals surface area (Å²) in [5.41, 5.74) is -4.55. The van der Waals surface area contributed by atoms with Crippen molar-refractivity contribution in [3.63, 3.8) is 0 Å². The van der Waals surface area contributed by atoms with Gasteiger partial charge in [-0.15, -0.1) is 0 Å². The molecule has 174 valence electrons. The second kappa shape index (κ2) is 7.78. The number of rotatable bonds is 5. The Bertz CT molecular complexity index is 1220. The lowest BCUT2D eigenvalue weighted by Gasteiger charge is -2.23. The number of H-pyrrole nitrogens is 1. The van der Waals surface area contributed by atoms with E-state index >= 15 is 0 Å². The fourth-order valence-electron chi connectivity index (χ4n) is 3.63. The van der Waals surface area contributed by atoms with Crippen LogP contribution in [-0.4, -0.2) is 15.7 Å². The Morgan fingerprint density at radius 2 is 1.64 bits per heavy atom. The zero-order valence-electron chi connectivity index (χ0n) is 16.5. The van der Waals surface area contributed by atoms with Crippen molar-refractivity contribution >= 4 is 22.4 Å². The first-order valence-electron chi connectivity index (χ1n) is 9.66. The average molecular weight is 472 g/mol. The maximum Gasteiger partial charge on any atom is 0.420 e. The van der Waals surface area contributed by atoms with E-state index in [1.54, 1.807) is 0 Å². The van der Waals surface area contributed by atoms with Gasteiger partial charge in [0.05, 0.1) is 4.92 Å². The largest absolute Gasteiger partial charge is 0.456 e. The van der Waals surface area contributed by atoms with E-state index in [2.05, 4.69) is 4.98 Å². The number of nitro benzene ring substituents is 1. The number of aromatic nitrogens is 1. The van der Waals surface area contributed by atoms with Gasteiger partial charge in [0.15, 0.2) is 11.5 Å². The van der Waals surface area contributed by atoms with Crippen molar-refractivity contribution < 1.29 is 40.8 Å². The molecule has 2 aromatic carbocycles. The molecule has 0 saturated heterocycles. The molecule has 0 unspecified atom stereocenters. The number of nitrogens with one attached hydrogen (secondary N) is 1. The zero-order chi connectivity index (χ0) is 24.1. The van der Waals surface area contributed by atoms with Gasteiger partial charge in [0.1, 0.15) is 16.9 Å². The molecule has 4 rings (SSSR count). The second-order valence-corrected chi connectivity index (χ2v) is 7.63. The number of ether oxygens (including phenoxy) is 1. The number of non-ortho nitro benzene ring substituents is 1. The van der Waals surface area contributed by atoms with Crippen LogP contribution in [0.4, 0.5) is 32.0 Å². The highest BCUT2D eigenvalue weighted by Gasteiger charge is 2.44. The van der Waals surface area contributed by atoms with E-state index in [4.69, 9.17) is 4.74 Å². The number of nitrogens with zero attached hydrogens (tertiary/aromatic N) is 1. The van der Waals surface area contributed by atoms with Gasteiger partial charge in [0.2, 0.25) is 0 Å². The van der Waals surface area contributed by atoms with E-state index in [0.29, 0.717) is 18.4 Å². The fourth-order valence-corrected chi connectivity index (χ4v) is 3.63. The van der Waals surface area contributed by atoms with Gasteiger partial charge in [0.25, 0.3) is 5.69 Å². The Kier molecular flexibility index (Phi) is 5.33. The van der Waals surface area contributed by atoms with E-state index in [-0.39, 0.29) is 34.8 Å². The number of nitro groups is 1. The molecule has 12 heteroatoms. The number of carbonyl (C=O) groups is 1. The fraction of sp³-hybridized carbons (Fsp3) is 0.286. The van der Waals surface area contributed by atoms with Crippen molar-refractivity contribution in [3.05, 3.63) is 63.3 Å². The lowest BCUT2D eigenvalue weighted by atomic mass is 9.80. The summed E-state index contributed by atoms with van der Waals surface area (Å²) in [4.78, 5) is 25.0. The second-order valence-electron chi connectivity index (χ2n) is 7.63. The molecule has 0 radical (unpaired) electrons. The number of halogens is 6. The average Bonchev–Trinajstić information content (AvgIpc) is 3.08. The number of fused-ring (bicyclic) bond motifs is 1. The highest BCUT2D eigenvalue weighted by Crippen LogP contribution is 2.48. The van der Waals surface area contributed by atoms with Gasteiger partial charge in [-0.25, -0.2) is 0 Å². The van der Waals surface area contributed by atoms with E-state index < -0.39 is 45.6 Å². The molecule has 0 aliphatic heterocycles. The Morgan fingerprint density at radius 1 is 1.03 bits per heavy atom. The smallest absolute Gasteiger partial charge is 0.420 e. The van der Waals surface area contributed by atoms with Crippen LogP contribution in [0, 0.1) is 16.0 Å². The normalized spacial score (nSPS) is 14.8. The molecule has 1 heterocycles. The van der Waals surface area contributed by atoms with Gasteiger partial charge in [0, 0.05) is 40.7 Å². The van der Waals surface area contributed by atoms with Gasteiger partial charge in [-0.2, -0.15) is 26.3 Å². The zero-order valence-corrected chi connectivity index (χ0v) is 16.5. The van der Waals surface area contributed by atoms with Crippen LogP contribution < -0.4 is 4.74 Å². The van der Waals surface area contributed by atoms with Crippen LogP contribution in [-0.2, 0) is 12.4 Å². The van der Waals surface area contributed by atoms with E-state index in [1.165, 1.54) is 18.3 Å². The first kappa shape index (κ1) is 22.6. The van der Waals surface area contributed by atoms with Gasteiger partial charge in [-0.1, -0.05) is 6.42 Å². The third-order valence-electron chi connectivity index (χ3n) is 5.51. The maximum absolute atomic E-state index is 13.6.